The number of carboxylic acids is 1. The van der Waals surface area contributed by atoms with Crippen LogP contribution in [0.1, 0.15) is 10.4 Å². The van der Waals surface area contributed by atoms with E-state index in [-0.39, 0.29) is 17.0 Å². The fourth-order valence-corrected chi connectivity index (χ4v) is 3.42. The molecule has 0 bridgehead atoms. The summed E-state index contributed by atoms with van der Waals surface area (Å²) in [5.74, 6) is -1.31. The van der Waals surface area contributed by atoms with Crippen LogP contribution in [0.4, 0.5) is 10.5 Å². The van der Waals surface area contributed by atoms with Gasteiger partial charge in [0.25, 0.3) is 0 Å². The molecular weight excluding hydrogens is 364 g/mol. The Morgan fingerprint density at radius 1 is 1.33 bits per heavy atom. The second kappa shape index (κ2) is 5.86. The Morgan fingerprint density at radius 2 is 2.05 bits per heavy atom. The van der Waals surface area contributed by atoms with Gasteiger partial charge in [-0.25, -0.2) is 18.0 Å². The molecule has 0 radical (unpaired) electrons. The molecule has 1 aliphatic heterocycles. The number of amides is 2. The first-order valence-electron chi connectivity index (χ1n) is 5.78. The number of halogens is 1. The highest BCUT2D eigenvalue weighted by Crippen LogP contribution is 2.21. The molecule has 0 aliphatic carbocycles. The normalized spacial score (nSPS) is 19.2. The van der Waals surface area contributed by atoms with Crippen LogP contribution in [0.2, 0.25) is 0 Å². The van der Waals surface area contributed by atoms with E-state index in [1.165, 1.54) is 24.3 Å². The van der Waals surface area contributed by atoms with Gasteiger partial charge in [-0.2, -0.15) is 0 Å². The predicted molar refractivity (Wildman–Crippen MR) is 80.0 cm³/mol. The molecule has 1 aliphatic rings. The number of hydrogen-bond acceptors (Lipinski definition) is 4. The number of urea groups is 1. The maximum Gasteiger partial charge on any atom is 0.336 e. The van der Waals surface area contributed by atoms with Gasteiger partial charge in [-0.05, 0) is 40.2 Å². The number of carboxylic acid groups (broad SMARTS) is 1. The molecule has 9 heteroatoms. The highest BCUT2D eigenvalue weighted by Gasteiger charge is 2.23. The molecule has 2 amide bonds. The Kier molecular flexibility index (Phi) is 4.33. The van der Waals surface area contributed by atoms with E-state index in [0.717, 1.165) is 5.41 Å². The van der Waals surface area contributed by atoms with Crippen LogP contribution in [0.5, 0.6) is 0 Å². The van der Waals surface area contributed by atoms with Crippen molar-refractivity contribution in [3.05, 3.63) is 39.7 Å². The van der Waals surface area contributed by atoms with Crippen molar-refractivity contribution in [2.75, 3.05) is 11.1 Å². The fourth-order valence-electron chi connectivity index (χ4n) is 1.77. The fraction of sp³-hybridized carbons (Fsp3) is 0.167. The van der Waals surface area contributed by atoms with E-state index in [0.29, 0.717) is 4.47 Å². The van der Waals surface area contributed by atoms with E-state index in [9.17, 15) is 18.0 Å². The second-order valence-corrected chi connectivity index (χ2v) is 7.15. The zero-order valence-corrected chi connectivity index (χ0v) is 12.9. The van der Waals surface area contributed by atoms with Crippen LogP contribution in [0.3, 0.4) is 0 Å². The molecule has 1 aromatic carbocycles. The molecule has 0 saturated heterocycles. The summed E-state index contributed by atoms with van der Waals surface area (Å²) in [6.45, 7) is 0. The van der Waals surface area contributed by atoms with Gasteiger partial charge in [0.15, 0.2) is 9.84 Å². The Morgan fingerprint density at radius 3 is 2.62 bits per heavy atom. The first-order chi connectivity index (χ1) is 9.77. The molecule has 1 aromatic rings. The minimum absolute atomic E-state index is 0.0103. The van der Waals surface area contributed by atoms with Crippen LogP contribution in [-0.4, -0.2) is 37.3 Å². The maximum absolute atomic E-state index is 11.7. The first-order valence-corrected chi connectivity index (χ1v) is 8.29. The van der Waals surface area contributed by atoms with E-state index in [1.807, 2.05) is 0 Å². The monoisotopic (exact) mass is 374 g/mol. The van der Waals surface area contributed by atoms with Crippen LogP contribution < -0.4 is 10.6 Å². The van der Waals surface area contributed by atoms with E-state index in [2.05, 4.69) is 26.6 Å². The van der Waals surface area contributed by atoms with Gasteiger partial charge in [-0.3, -0.25) is 0 Å². The minimum Gasteiger partial charge on any atom is -0.478 e. The third-order valence-electron chi connectivity index (χ3n) is 2.70. The van der Waals surface area contributed by atoms with Crippen LogP contribution >= 0.6 is 15.9 Å². The lowest BCUT2D eigenvalue weighted by Gasteiger charge is -2.12. The summed E-state index contributed by atoms with van der Waals surface area (Å²) in [5, 5.41) is 15.0. The molecule has 7 nitrogen and oxygen atoms in total. The van der Waals surface area contributed by atoms with Crippen LogP contribution in [0.25, 0.3) is 0 Å². The molecule has 1 unspecified atom stereocenters. The van der Waals surface area contributed by atoms with Crippen molar-refractivity contribution in [3.63, 3.8) is 0 Å². The molecule has 0 saturated carbocycles. The number of benzene rings is 1. The molecule has 0 aromatic heterocycles. The number of hydrogen-bond donors (Lipinski definition) is 3. The zero-order chi connectivity index (χ0) is 15.6. The third kappa shape index (κ3) is 4.05. The number of anilines is 1. The lowest BCUT2D eigenvalue weighted by molar-refractivity contribution is 0.0696. The SMILES string of the molecule is O=C(Nc1ccc(Br)c(C(=O)O)c1)NC1C=CS(=O)(=O)C1. The van der Waals surface area contributed by atoms with Gasteiger partial charge in [-0.1, -0.05) is 0 Å². The average molecular weight is 375 g/mol. The Hall–Kier alpha value is -1.87. The molecule has 1 heterocycles. The van der Waals surface area contributed by atoms with E-state index in [4.69, 9.17) is 5.11 Å². The summed E-state index contributed by atoms with van der Waals surface area (Å²) in [4.78, 5) is 22.7. The molecule has 1 atom stereocenters. The summed E-state index contributed by atoms with van der Waals surface area (Å²) in [6, 6.07) is 3.12. The number of nitrogens with one attached hydrogen (secondary N) is 2. The summed E-state index contributed by atoms with van der Waals surface area (Å²) >= 11 is 3.10. The largest absolute Gasteiger partial charge is 0.478 e. The maximum atomic E-state index is 11.7. The van der Waals surface area contributed by atoms with Gasteiger partial charge in [0, 0.05) is 15.6 Å². The van der Waals surface area contributed by atoms with Crippen LogP contribution in [-0.2, 0) is 9.84 Å². The van der Waals surface area contributed by atoms with Gasteiger partial charge in [0.05, 0.1) is 17.4 Å². The Labute approximate surface area is 129 Å². The van der Waals surface area contributed by atoms with Gasteiger partial charge >= 0.3 is 12.0 Å². The summed E-state index contributed by atoms with van der Waals surface area (Å²) in [5.41, 5.74) is 0.300. The number of carbonyl (C=O) groups is 2. The Bertz CT molecular complexity index is 729. The van der Waals surface area contributed by atoms with Crippen molar-refractivity contribution < 1.29 is 23.1 Å². The summed E-state index contributed by atoms with van der Waals surface area (Å²) in [6.07, 6.45) is 1.39. The van der Waals surface area contributed by atoms with E-state index < -0.39 is 27.9 Å². The molecule has 2 rings (SSSR count). The van der Waals surface area contributed by atoms with Gasteiger partial charge in [0.2, 0.25) is 0 Å². The summed E-state index contributed by atoms with van der Waals surface area (Å²) in [7, 11) is -3.24. The molecule has 3 N–H and O–H groups in total. The molecule has 0 fully saturated rings. The quantitative estimate of drug-likeness (QED) is 0.743. The van der Waals surface area contributed by atoms with E-state index >= 15 is 0 Å². The highest BCUT2D eigenvalue weighted by molar-refractivity contribution is 9.10. The molecular formula is C12H11BrN2O5S. The number of aromatic carboxylic acids is 1. The van der Waals surface area contributed by atoms with Crippen LogP contribution in [0, 0.1) is 0 Å². The first kappa shape index (κ1) is 15.5. The van der Waals surface area contributed by atoms with Crippen molar-refractivity contribution in [2.45, 2.75) is 6.04 Å². The van der Waals surface area contributed by atoms with Crippen LogP contribution in [0.15, 0.2) is 34.2 Å². The van der Waals surface area contributed by atoms with Crippen molar-refractivity contribution >= 4 is 43.5 Å². The van der Waals surface area contributed by atoms with Crippen molar-refractivity contribution in [1.29, 1.82) is 0 Å². The van der Waals surface area contributed by atoms with E-state index in [1.54, 1.807) is 0 Å². The lowest BCUT2D eigenvalue weighted by Crippen LogP contribution is -2.38. The van der Waals surface area contributed by atoms with Crippen molar-refractivity contribution in [3.8, 4) is 0 Å². The third-order valence-corrected chi connectivity index (χ3v) is 4.79. The lowest BCUT2D eigenvalue weighted by atomic mass is 10.2. The second-order valence-electron chi connectivity index (χ2n) is 4.36. The molecule has 0 spiro atoms. The van der Waals surface area contributed by atoms with Crippen molar-refractivity contribution in [2.24, 2.45) is 0 Å². The number of rotatable bonds is 3. The summed E-state index contributed by atoms with van der Waals surface area (Å²) < 4.78 is 22.8. The van der Waals surface area contributed by atoms with Gasteiger partial charge in [0.1, 0.15) is 0 Å². The number of carbonyl (C=O) groups excluding carboxylic acids is 1. The van der Waals surface area contributed by atoms with Crippen molar-refractivity contribution in [1.82, 2.24) is 5.32 Å². The standard InChI is InChI=1S/C12H11BrN2O5S/c13-10-2-1-7(5-9(10)11(16)17)14-12(18)15-8-3-4-21(19,20)6-8/h1-5,8H,6H2,(H,16,17)(H2,14,15,18). The zero-order valence-electron chi connectivity index (χ0n) is 10.5. The minimum atomic E-state index is -3.24. The topological polar surface area (TPSA) is 113 Å². The average Bonchev–Trinajstić information content (AvgIpc) is 2.70. The van der Waals surface area contributed by atoms with Gasteiger partial charge in [-0.15, -0.1) is 0 Å². The van der Waals surface area contributed by atoms with Gasteiger partial charge < -0.3 is 15.7 Å². The highest BCUT2D eigenvalue weighted by atomic mass is 79.9. The number of sulfone groups is 1. The predicted octanol–water partition coefficient (Wildman–Crippen LogP) is 1.58. The smallest absolute Gasteiger partial charge is 0.336 e. The molecule has 21 heavy (non-hydrogen) atoms. The Balaban J connectivity index is 2.02. The molecule has 112 valence electrons.